The smallest absolute Gasteiger partial charge is 0.251 e. The van der Waals surface area contributed by atoms with E-state index in [1.165, 1.54) is 0 Å². The minimum absolute atomic E-state index is 0.0634. The summed E-state index contributed by atoms with van der Waals surface area (Å²) in [7, 11) is 1.87. The van der Waals surface area contributed by atoms with Crippen molar-refractivity contribution in [3.63, 3.8) is 0 Å². The lowest BCUT2D eigenvalue weighted by Gasteiger charge is -2.09. The van der Waals surface area contributed by atoms with Crippen LogP contribution < -0.4 is 10.6 Å². The van der Waals surface area contributed by atoms with Gasteiger partial charge in [0, 0.05) is 29.3 Å². The number of hydrogen-bond acceptors (Lipinski definition) is 2. The molecule has 0 spiro atoms. The van der Waals surface area contributed by atoms with Gasteiger partial charge in [0.2, 0.25) is 0 Å². The molecule has 0 saturated heterocycles. The standard InChI is InChI=1S/C16H17BrN2O/c1-11-9-12(7-8-15(11)18-2)16(20)19-10-13-5-3-4-6-14(13)17/h3-9,18H,10H2,1-2H3,(H,19,20). The Morgan fingerprint density at radius 3 is 2.60 bits per heavy atom. The number of halogens is 1. The van der Waals surface area contributed by atoms with Crippen molar-refractivity contribution in [2.45, 2.75) is 13.5 Å². The molecule has 0 radical (unpaired) electrons. The second-order valence-electron chi connectivity index (χ2n) is 4.55. The van der Waals surface area contributed by atoms with E-state index < -0.39 is 0 Å². The number of aryl methyl sites for hydroxylation is 1. The monoisotopic (exact) mass is 332 g/mol. The summed E-state index contributed by atoms with van der Waals surface area (Å²) in [6.45, 7) is 2.49. The molecule has 0 atom stereocenters. The number of hydrogen-bond donors (Lipinski definition) is 2. The highest BCUT2D eigenvalue weighted by molar-refractivity contribution is 9.10. The molecule has 2 aromatic carbocycles. The number of carbonyl (C=O) groups is 1. The summed E-state index contributed by atoms with van der Waals surface area (Å²) in [5, 5.41) is 6.02. The van der Waals surface area contributed by atoms with Gasteiger partial charge in [-0.3, -0.25) is 4.79 Å². The van der Waals surface area contributed by atoms with Crippen LogP contribution in [-0.4, -0.2) is 13.0 Å². The maximum absolute atomic E-state index is 12.1. The number of carbonyl (C=O) groups excluding carboxylic acids is 1. The lowest BCUT2D eigenvalue weighted by molar-refractivity contribution is 0.0951. The molecule has 0 aliphatic rings. The van der Waals surface area contributed by atoms with Crippen LogP contribution in [0.25, 0.3) is 0 Å². The van der Waals surface area contributed by atoms with Gasteiger partial charge in [0.05, 0.1) is 0 Å². The Balaban J connectivity index is 2.05. The van der Waals surface area contributed by atoms with Crippen molar-refractivity contribution < 1.29 is 4.79 Å². The summed E-state index contributed by atoms with van der Waals surface area (Å²) in [6, 6.07) is 13.5. The van der Waals surface area contributed by atoms with Gasteiger partial charge in [0.15, 0.2) is 0 Å². The number of anilines is 1. The predicted molar refractivity (Wildman–Crippen MR) is 86.0 cm³/mol. The van der Waals surface area contributed by atoms with Crippen molar-refractivity contribution in [3.05, 3.63) is 63.6 Å². The third-order valence-electron chi connectivity index (χ3n) is 3.16. The van der Waals surface area contributed by atoms with Crippen LogP contribution in [0.4, 0.5) is 5.69 Å². The lowest BCUT2D eigenvalue weighted by atomic mass is 10.1. The van der Waals surface area contributed by atoms with Crippen LogP contribution in [0.15, 0.2) is 46.9 Å². The fourth-order valence-corrected chi connectivity index (χ4v) is 2.43. The van der Waals surface area contributed by atoms with E-state index in [9.17, 15) is 4.79 Å². The number of rotatable bonds is 4. The Morgan fingerprint density at radius 2 is 1.95 bits per heavy atom. The van der Waals surface area contributed by atoms with Gasteiger partial charge < -0.3 is 10.6 Å². The van der Waals surface area contributed by atoms with Crippen LogP contribution in [0.5, 0.6) is 0 Å². The zero-order valence-electron chi connectivity index (χ0n) is 11.5. The van der Waals surface area contributed by atoms with Crippen LogP contribution in [0, 0.1) is 6.92 Å². The summed E-state index contributed by atoms with van der Waals surface area (Å²) in [5.41, 5.74) is 3.83. The molecule has 104 valence electrons. The van der Waals surface area contributed by atoms with E-state index in [1.807, 2.05) is 56.4 Å². The molecule has 4 heteroatoms. The molecule has 1 amide bonds. The normalized spacial score (nSPS) is 10.2. The van der Waals surface area contributed by atoms with Gasteiger partial charge in [-0.25, -0.2) is 0 Å². The van der Waals surface area contributed by atoms with E-state index in [0.29, 0.717) is 12.1 Å². The molecule has 0 unspecified atom stereocenters. The van der Waals surface area contributed by atoms with Crippen molar-refractivity contribution in [2.75, 3.05) is 12.4 Å². The van der Waals surface area contributed by atoms with E-state index in [2.05, 4.69) is 26.6 Å². The zero-order chi connectivity index (χ0) is 14.5. The molecule has 0 aliphatic carbocycles. The van der Waals surface area contributed by atoms with Crippen LogP contribution in [-0.2, 0) is 6.54 Å². The topological polar surface area (TPSA) is 41.1 Å². The van der Waals surface area contributed by atoms with Gasteiger partial charge in [0.1, 0.15) is 0 Å². The van der Waals surface area contributed by atoms with Gasteiger partial charge in [-0.1, -0.05) is 34.1 Å². The number of benzene rings is 2. The molecule has 0 saturated carbocycles. The third-order valence-corrected chi connectivity index (χ3v) is 3.93. The quantitative estimate of drug-likeness (QED) is 0.895. The summed E-state index contributed by atoms with van der Waals surface area (Å²) >= 11 is 3.47. The molecular formula is C16H17BrN2O. The van der Waals surface area contributed by atoms with Gasteiger partial charge in [-0.2, -0.15) is 0 Å². The Bertz CT molecular complexity index is 626. The first-order chi connectivity index (χ1) is 9.61. The predicted octanol–water partition coefficient (Wildman–Crippen LogP) is 3.73. The van der Waals surface area contributed by atoms with Gasteiger partial charge >= 0.3 is 0 Å². The molecule has 2 N–H and O–H groups in total. The van der Waals surface area contributed by atoms with Crippen LogP contribution >= 0.6 is 15.9 Å². The molecule has 2 aromatic rings. The SMILES string of the molecule is CNc1ccc(C(=O)NCc2ccccc2Br)cc1C. The van der Waals surface area contributed by atoms with E-state index in [4.69, 9.17) is 0 Å². The maximum Gasteiger partial charge on any atom is 0.251 e. The first kappa shape index (κ1) is 14.6. The first-order valence-electron chi connectivity index (χ1n) is 6.42. The van der Waals surface area contributed by atoms with E-state index in [-0.39, 0.29) is 5.91 Å². The summed E-state index contributed by atoms with van der Waals surface area (Å²) in [6.07, 6.45) is 0. The second-order valence-corrected chi connectivity index (χ2v) is 5.41. The van der Waals surface area contributed by atoms with Crippen LogP contribution in [0.1, 0.15) is 21.5 Å². The highest BCUT2D eigenvalue weighted by Gasteiger charge is 2.08. The van der Waals surface area contributed by atoms with Gasteiger partial charge in [0.25, 0.3) is 5.91 Å². The van der Waals surface area contributed by atoms with Crippen molar-refractivity contribution in [3.8, 4) is 0 Å². The van der Waals surface area contributed by atoms with Crippen LogP contribution in [0.3, 0.4) is 0 Å². The van der Waals surface area contributed by atoms with Crippen molar-refractivity contribution in [2.24, 2.45) is 0 Å². The van der Waals surface area contributed by atoms with Gasteiger partial charge in [-0.05, 0) is 42.3 Å². The Labute approximate surface area is 127 Å². The second kappa shape index (κ2) is 6.57. The lowest BCUT2D eigenvalue weighted by Crippen LogP contribution is -2.23. The average molecular weight is 333 g/mol. The van der Waals surface area contributed by atoms with E-state index in [0.717, 1.165) is 21.3 Å². The fraction of sp³-hybridized carbons (Fsp3) is 0.188. The number of nitrogens with one attached hydrogen (secondary N) is 2. The molecule has 0 aromatic heterocycles. The Kier molecular flexibility index (Phi) is 4.79. The highest BCUT2D eigenvalue weighted by atomic mass is 79.9. The molecule has 2 rings (SSSR count). The van der Waals surface area contributed by atoms with Gasteiger partial charge in [-0.15, -0.1) is 0 Å². The zero-order valence-corrected chi connectivity index (χ0v) is 13.1. The van der Waals surface area contributed by atoms with Crippen molar-refractivity contribution in [1.29, 1.82) is 0 Å². The molecule has 0 heterocycles. The summed E-state index contributed by atoms with van der Waals surface area (Å²) in [5.74, 6) is -0.0634. The van der Waals surface area contributed by atoms with Crippen LogP contribution in [0.2, 0.25) is 0 Å². The average Bonchev–Trinajstić information content (AvgIpc) is 2.46. The molecule has 20 heavy (non-hydrogen) atoms. The van der Waals surface area contributed by atoms with Crippen molar-refractivity contribution in [1.82, 2.24) is 5.32 Å². The minimum Gasteiger partial charge on any atom is -0.388 e. The molecule has 0 fully saturated rings. The molecule has 3 nitrogen and oxygen atoms in total. The summed E-state index contributed by atoms with van der Waals surface area (Å²) in [4.78, 5) is 12.1. The summed E-state index contributed by atoms with van der Waals surface area (Å²) < 4.78 is 1.00. The minimum atomic E-state index is -0.0634. The molecule has 0 bridgehead atoms. The fourth-order valence-electron chi connectivity index (χ4n) is 2.00. The highest BCUT2D eigenvalue weighted by Crippen LogP contribution is 2.17. The first-order valence-corrected chi connectivity index (χ1v) is 7.21. The largest absolute Gasteiger partial charge is 0.388 e. The van der Waals surface area contributed by atoms with Crippen molar-refractivity contribution >= 4 is 27.5 Å². The van der Waals surface area contributed by atoms with E-state index in [1.54, 1.807) is 0 Å². The van der Waals surface area contributed by atoms with E-state index >= 15 is 0 Å². The molecule has 0 aliphatic heterocycles. The maximum atomic E-state index is 12.1. The Hall–Kier alpha value is -1.81. The number of amides is 1. The molecular weight excluding hydrogens is 316 g/mol. The third kappa shape index (κ3) is 3.39. The Morgan fingerprint density at radius 1 is 1.20 bits per heavy atom.